The molecular weight excluding hydrogens is 240 g/mol. The van der Waals surface area contributed by atoms with Crippen LogP contribution in [-0.2, 0) is 6.54 Å². The molecule has 1 heterocycles. The molecule has 0 amide bonds. The Bertz CT molecular complexity index is 432. The fourth-order valence-electron chi connectivity index (χ4n) is 2.58. The van der Waals surface area contributed by atoms with Crippen molar-refractivity contribution in [2.75, 3.05) is 20.8 Å². The minimum Gasteiger partial charge on any atom is -0.497 e. The van der Waals surface area contributed by atoms with Crippen molar-refractivity contribution in [1.29, 1.82) is 0 Å². The highest BCUT2D eigenvalue weighted by Crippen LogP contribution is 2.24. The molecule has 1 aliphatic rings. The summed E-state index contributed by atoms with van der Waals surface area (Å²) in [4.78, 5) is 0. The number of rotatable bonds is 5. The number of nitrogens with one attached hydrogen (secondary N) is 2. The first-order chi connectivity index (χ1) is 9.04. The van der Waals surface area contributed by atoms with Gasteiger partial charge in [0.2, 0.25) is 0 Å². The molecule has 106 valence electrons. The van der Waals surface area contributed by atoms with Crippen LogP contribution in [0.1, 0.15) is 25.8 Å². The molecule has 0 saturated carbocycles. The summed E-state index contributed by atoms with van der Waals surface area (Å²) in [5.41, 5.74) is 1.36. The van der Waals surface area contributed by atoms with Crippen LogP contribution in [0.4, 0.5) is 0 Å². The first kappa shape index (κ1) is 14.2. The molecule has 0 aromatic heterocycles. The molecule has 1 aromatic carbocycles. The van der Waals surface area contributed by atoms with E-state index < -0.39 is 0 Å². The molecule has 1 saturated heterocycles. The molecule has 1 aromatic rings. The molecule has 0 radical (unpaired) electrons. The first-order valence-corrected chi connectivity index (χ1v) is 6.73. The van der Waals surface area contributed by atoms with Crippen LogP contribution < -0.4 is 20.1 Å². The van der Waals surface area contributed by atoms with E-state index in [-0.39, 0.29) is 5.54 Å². The highest BCUT2D eigenvalue weighted by molar-refractivity contribution is 5.40. The number of benzene rings is 1. The molecule has 4 heteroatoms. The third-order valence-electron chi connectivity index (χ3n) is 3.65. The van der Waals surface area contributed by atoms with Crippen molar-refractivity contribution in [2.45, 2.75) is 38.4 Å². The van der Waals surface area contributed by atoms with E-state index in [0.29, 0.717) is 6.04 Å². The average molecular weight is 264 g/mol. The van der Waals surface area contributed by atoms with Crippen molar-refractivity contribution in [3.8, 4) is 11.5 Å². The van der Waals surface area contributed by atoms with E-state index in [9.17, 15) is 0 Å². The molecule has 1 unspecified atom stereocenters. The van der Waals surface area contributed by atoms with E-state index in [2.05, 4.69) is 24.5 Å². The molecule has 19 heavy (non-hydrogen) atoms. The smallest absolute Gasteiger partial charge is 0.123 e. The van der Waals surface area contributed by atoms with Gasteiger partial charge >= 0.3 is 0 Å². The second-order valence-electron chi connectivity index (χ2n) is 5.72. The monoisotopic (exact) mass is 264 g/mol. The highest BCUT2D eigenvalue weighted by atomic mass is 16.5. The van der Waals surface area contributed by atoms with Gasteiger partial charge in [-0.2, -0.15) is 0 Å². The minimum absolute atomic E-state index is 0.232. The highest BCUT2D eigenvalue weighted by Gasteiger charge is 2.29. The van der Waals surface area contributed by atoms with Crippen molar-refractivity contribution >= 4 is 0 Å². The predicted octanol–water partition coefficient (Wildman–Crippen LogP) is 1.93. The zero-order chi connectivity index (χ0) is 13.9. The zero-order valence-electron chi connectivity index (χ0n) is 12.2. The second kappa shape index (κ2) is 5.80. The maximum Gasteiger partial charge on any atom is 0.123 e. The molecule has 2 rings (SSSR count). The van der Waals surface area contributed by atoms with Gasteiger partial charge in [-0.15, -0.1) is 0 Å². The number of ether oxygens (including phenoxy) is 2. The quantitative estimate of drug-likeness (QED) is 0.853. The maximum atomic E-state index is 5.39. The molecule has 0 spiro atoms. The summed E-state index contributed by atoms with van der Waals surface area (Å²) in [6.07, 6.45) is 1.14. The normalized spacial score (nSPS) is 21.4. The summed E-state index contributed by atoms with van der Waals surface area (Å²) >= 11 is 0. The largest absolute Gasteiger partial charge is 0.497 e. The lowest BCUT2D eigenvalue weighted by molar-refractivity contribution is 0.394. The lowest BCUT2D eigenvalue weighted by atomic mass is 10.0. The van der Waals surface area contributed by atoms with E-state index in [1.165, 1.54) is 0 Å². The third kappa shape index (κ3) is 3.61. The van der Waals surface area contributed by atoms with Crippen molar-refractivity contribution in [1.82, 2.24) is 10.6 Å². The van der Waals surface area contributed by atoms with Crippen molar-refractivity contribution in [2.24, 2.45) is 0 Å². The van der Waals surface area contributed by atoms with E-state index >= 15 is 0 Å². The van der Waals surface area contributed by atoms with Gasteiger partial charge in [0.15, 0.2) is 0 Å². The van der Waals surface area contributed by atoms with Crippen LogP contribution in [0.15, 0.2) is 18.2 Å². The summed E-state index contributed by atoms with van der Waals surface area (Å²) in [7, 11) is 3.38. The Labute approximate surface area is 115 Å². The number of hydrogen-bond acceptors (Lipinski definition) is 4. The van der Waals surface area contributed by atoms with Gasteiger partial charge in [0.05, 0.1) is 14.2 Å². The summed E-state index contributed by atoms with van der Waals surface area (Å²) in [5.74, 6) is 1.76. The lowest BCUT2D eigenvalue weighted by Gasteiger charge is -2.18. The minimum atomic E-state index is 0.232. The fourth-order valence-corrected chi connectivity index (χ4v) is 2.58. The standard InChI is InChI=1S/C15H24N2O2/c1-15(2)8-12(10-17-15)16-9-11-7-13(18-3)5-6-14(11)19-4/h5-7,12,16-17H,8-10H2,1-4H3. The van der Waals surface area contributed by atoms with Gasteiger partial charge in [-0.25, -0.2) is 0 Å². The Morgan fingerprint density at radius 3 is 2.68 bits per heavy atom. The number of hydrogen-bond donors (Lipinski definition) is 2. The van der Waals surface area contributed by atoms with Crippen molar-refractivity contribution in [3.63, 3.8) is 0 Å². The van der Waals surface area contributed by atoms with Crippen LogP contribution in [0.3, 0.4) is 0 Å². The van der Waals surface area contributed by atoms with E-state index in [4.69, 9.17) is 9.47 Å². The Morgan fingerprint density at radius 1 is 1.32 bits per heavy atom. The summed E-state index contributed by atoms with van der Waals surface area (Å²) in [6, 6.07) is 6.40. The van der Waals surface area contributed by atoms with Crippen LogP contribution in [-0.4, -0.2) is 32.3 Å². The van der Waals surface area contributed by atoms with Gasteiger partial charge in [-0.1, -0.05) is 0 Å². The summed E-state index contributed by atoms with van der Waals surface area (Å²) in [6.45, 7) is 6.28. The molecule has 1 fully saturated rings. The van der Waals surface area contributed by atoms with E-state index in [1.807, 2.05) is 18.2 Å². The van der Waals surface area contributed by atoms with Crippen molar-refractivity contribution < 1.29 is 9.47 Å². The van der Waals surface area contributed by atoms with Crippen LogP contribution in [0.25, 0.3) is 0 Å². The Hall–Kier alpha value is -1.26. The van der Waals surface area contributed by atoms with Gasteiger partial charge in [-0.3, -0.25) is 0 Å². The van der Waals surface area contributed by atoms with Gasteiger partial charge in [-0.05, 0) is 38.5 Å². The average Bonchev–Trinajstić information content (AvgIpc) is 2.75. The second-order valence-corrected chi connectivity index (χ2v) is 5.72. The first-order valence-electron chi connectivity index (χ1n) is 6.73. The van der Waals surface area contributed by atoms with Crippen molar-refractivity contribution in [3.05, 3.63) is 23.8 Å². The molecular formula is C15H24N2O2. The Kier molecular flexibility index (Phi) is 4.32. The topological polar surface area (TPSA) is 42.5 Å². The molecule has 1 atom stereocenters. The maximum absolute atomic E-state index is 5.39. The molecule has 0 bridgehead atoms. The van der Waals surface area contributed by atoms with Crippen LogP contribution >= 0.6 is 0 Å². The van der Waals surface area contributed by atoms with Gasteiger partial charge in [0.25, 0.3) is 0 Å². The number of methoxy groups -OCH3 is 2. The molecule has 4 nitrogen and oxygen atoms in total. The van der Waals surface area contributed by atoms with Crippen LogP contribution in [0.5, 0.6) is 11.5 Å². The Balaban J connectivity index is 1.98. The fraction of sp³-hybridized carbons (Fsp3) is 0.600. The third-order valence-corrected chi connectivity index (χ3v) is 3.65. The summed E-state index contributed by atoms with van der Waals surface area (Å²) < 4.78 is 10.7. The molecule has 2 N–H and O–H groups in total. The molecule has 0 aliphatic carbocycles. The zero-order valence-corrected chi connectivity index (χ0v) is 12.2. The van der Waals surface area contributed by atoms with Crippen LogP contribution in [0, 0.1) is 0 Å². The lowest BCUT2D eigenvalue weighted by Crippen LogP contribution is -2.31. The van der Waals surface area contributed by atoms with E-state index in [1.54, 1.807) is 14.2 Å². The van der Waals surface area contributed by atoms with E-state index in [0.717, 1.165) is 36.6 Å². The predicted molar refractivity (Wildman–Crippen MR) is 76.9 cm³/mol. The summed E-state index contributed by atoms with van der Waals surface area (Å²) in [5, 5.41) is 7.10. The SMILES string of the molecule is COc1ccc(OC)c(CNC2CNC(C)(C)C2)c1. The van der Waals surface area contributed by atoms with Gasteiger partial charge in [0, 0.05) is 30.2 Å². The van der Waals surface area contributed by atoms with Gasteiger partial charge in [0.1, 0.15) is 11.5 Å². The van der Waals surface area contributed by atoms with Gasteiger partial charge < -0.3 is 20.1 Å². The molecule has 1 aliphatic heterocycles. The Morgan fingerprint density at radius 2 is 2.11 bits per heavy atom. The van der Waals surface area contributed by atoms with Crippen LogP contribution in [0.2, 0.25) is 0 Å².